The minimum Gasteiger partial charge on any atom is -0.313 e. The first-order chi connectivity index (χ1) is 7.90. The second-order valence-electron chi connectivity index (χ2n) is 5.33. The Hall–Kier alpha value is -0.820. The second-order valence-corrected chi connectivity index (χ2v) is 5.33. The molecule has 1 saturated carbocycles. The fourth-order valence-electron chi connectivity index (χ4n) is 3.02. The van der Waals surface area contributed by atoms with Gasteiger partial charge in [0.05, 0.1) is 0 Å². The van der Waals surface area contributed by atoms with Crippen LogP contribution >= 0.6 is 0 Å². The summed E-state index contributed by atoms with van der Waals surface area (Å²) in [5.74, 6) is 1.76. The number of nitrogens with one attached hydrogen (secondary N) is 1. The predicted molar refractivity (Wildman–Crippen MR) is 67.7 cm³/mol. The van der Waals surface area contributed by atoms with E-state index < -0.39 is 0 Å². The molecule has 0 radical (unpaired) electrons. The van der Waals surface area contributed by atoms with Gasteiger partial charge in [-0.3, -0.25) is 0 Å². The van der Waals surface area contributed by atoms with Gasteiger partial charge in [0.25, 0.3) is 0 Å². The van der Waals surface area contributed by atoms with Gasteiger partial charge in [-0.1, -0.05) is 31.2 Å². The van der Waals surface area contributed by atoms with Crippen LogP contribution < -0.4 is 5.32 Å². The van der Waals surface area contributed by atoms with Crippen molar-refractivity contribution in [3.63, 3.8) is 0 Å². The Labute approximate surface area is 98.3 Å². The van der Waals surface area contributed by atoms with Crippen molar-refractivity contribution in [3.05, 3.63) is 35.4 Å². The normalized spacial score (nSPS) is 24.7. The fraction of sp³-hybridized carbons (Fsp3) is 0.600. The molecule has 1 fully saturated rings. The Morgan fingerprint density at radius 3 is 2.81 bits per heavy atom. The van der Waals surface area contributed by atoms with Gasteiger partial charge >= 0.3 is 0 Å². The van der Waals surface area contributed by atoms with Crippen molar-refractivity contribution in [1.82, 2.24) is 5.32 Å². The van der Waals surface area contributed by atoms with Crippen molar-refractivity contribution >= 4 is 0 Å². The Morgan fingerprint density at radius 1 is 1.31 bits per heavy atom. The molecule has 0 amide bonds. The summed E-state index contributed by atoms with van der Waals surface area (Å²) in [6.07, 6.45) is 5.44. The third-order valence-electron chi connectivity index (χ3n) is 4.09. The SMILES string of the molecule is CCCNC(C1CC1)C1Cc2ccccc21. The molecule has 2 atom stereocenters. The third-order valence-corrected chi connectivity index (χ3v) is 4.09. The van der Waals surface area contributed by atoms with Gasteiger partial charge in [0.1, 0.15) is 0 Å². The van der Waals surface area contributed by atoms with Gasteiger partial charge < -0.3 is 5.32 Å². The van der Waals surface area contributed by atoms with E-state index in [0.717, 1.165) is 17.9 Å². The van der Waals surface area contributed by atoms with Crippen LogP contribution in [-0.2, 0) is 6.42 Å². The summed E-state index contributed by atoms with van der Waals surface area (Å²) in [5.41, 5.74) is 3.19. The average Bonchev–Trinajstić information content (AvgIpc) is 3.08. The Balaban J connectivity index is 1.72. The first-order valence-corrected chi connectivity index (χ1v) is 6.71. The molecule has 0 aromatic heterocycles. The summed E-state index contributed by atoms with van der Waals surface area (Å²) < 4.78 is 0. The van der Waals surface area contributed by atoms with Crippen molar-refractivity contribution in [1.29, 1.82) is 0 Å². The van der Waals surface area contributed by atoms with Crippen LogP contribution in [-0.4, -0.2) is 12.6 Å². The van der Waals surface area contributed by atoms with Gasteiger partial charge in [0, 0.05) is 12.0 Å². The van der Waals surface area contributed by atoms with Gasteiger partial charge in [-0.05, 0) is 49.3 Å². The summed E-state index contributed by atoms with van der Waals surface area (Å²) in [6, 6.07) is 9.73. The third kappa shape index (κ3) is 1.78. The maximum Gasteiger partial charge on any atom is 0.0167 e. The van der Waals surface area contributed by atoms with Gasteiger partial charge in [0.2, 0.25) is 0 Å². The van der Waals surface area contributed by atoms with E-state index in [9.17, 15) is 0 Å². The molecule has 1 N–H and O–H groups in total. The van der Waals surface area contributed by atoms with E-state index in [1.54, 1.807) is 11.1 Å². The van der Waals surface area contributed by atoms with Crippen LogP contribution in [0.15, 0.2) is 24.3 Å². The van der Waals surface area contributed by atoms with Crippen LogP contribution in [0.1, 0.15) is 43.2 Å². The molecule has 3 rings (SSSR count). The average molecular weight is 215 g/mol. The monoisotopic (exact) mass is 215 g/mol. The molecule has 0 spiro atoms. The highest BCUT2D eigenvalue weighted by molar-refractivity contribution is 5.41. The lowest BCUT2D eigenvalue weighted by atomic mass is 9.72. The van der Waals surface area contributed by atoms with Crippen LogP contribution in [0, 0.1) is 5.92 Å². The first-order valence-electron chi connectivity index (χ1n) is 6.71. The summed E-state index contributed by atoms with van der Waals surface area (Å²) in [7, 11) is 0. The summed E-state index contributed by atoms with van der Waals surface area (Å²) in [4.78, 5) is 0. The molecule has 86 valence electrons. The van der Waals surface area contributed by atoms with E-state index >= 15 is 0 Å². The maximum atomic E-state index is 3.77. The van der Waals surface area contributed by atoms with Gasteiger partial charge in [0.15, 0.2) is 0 Å². The zero-order valence-corrected chi connectivity index (χ0v) is 10.1. The largest absolute Gasteiger partial charge is 0.313 e. The Kier molecular flexibility index (Phi) is 2.72. The van der Waals surface area contributed by atoms with Gasteiger partial charge in [-0.15, -0.1) is 0 Å². The first kappa shape index (κ1) is 10.3. The topological polar surface area (TPSA) is 12.0 Å². The highest BCUT2D eigenvalue weighted by Crippen LogP contribution is 2.45. The number of fused-ring (bicyclic) bond motifs is 1. The van der Waals surface area contributed by atoms with Crippen molar-refractivity contribution in [3.8, 4) is 0 Å². The zero-order chi connectivity index (χ0) is 11.0. The second kappa shape index (κ2) is 4.21. The number of hydrogen-bond donors (Lipinski definition) is 1. The molecule has 2 unspecified atom stereocenters. The maximum absolute atomic E-state index is 3.77. The predicted octanol–water partition coefficient (Wildman–Crippen LogP) is 3.10. The van der Waals surface area contributed by atoms with E-state index in [4.69, 9.17) is 0 Å². The standard InChI is InChI=1S/C15H21N/c1-2-9-16-15(11-7-8-11)14-10-12-5-3-4-6-13(12)14/h3-6,11,14-16H,2,7-10H2,1H3. The van der Waals surface area contributed by atoms with Crippen LogP contribution in [0.5, 0.6) is 0 Å². The number of benzene rings is 1. The fourth-order valence-corrected chi connectivity index (χ4v) is 3.02. The molecule has 2 aliphatic carbocycles. The van der Waals surface area contributed by atoms with Crippen molar-refractivity contribution < 1.29 is 0 Å². The molecular weight excluding hydrogens is 194 g/mol. The summed E-state index contributed by atoms with van der Waals surface area (Å²) in [6.45, 7) is 3.44. The molecule has 1 nitrogen and oxygen atoms in total. The lowest BCUT2D eigenvalue weighted by Gasteiger charge is -2.37. The van der Waals surface area contributed by atoms with E-state index in [1.807, 2.05) is 0 Å². The van der Waals surface area contributed by atoms with E-state index in [1.165, 1.54) is 32.2 Å². The Bertz CT molecular complexity index is 367. The smallest absolute Gasteiger partial charge is 0.0167 e. The molecule has 16 heavy (non-hydrogen) atoms. The van der Waals surface area contributed by atoms with Gasteiger partial charge in [-0.25, -0.2) is 0 Å². The van der Waals surface area contributed by atoms with Crippen LogP contribution in [0.2, 0.25) is 0 Å². The summed E-state index contributed by atoms with van der Waals surface area (Å²) >= 11 is 0. The number of hydrogen-bond acceptors (Lipinski definition) is 1. The lowest BCUT2D eigenvalue weighted by Crippen LogP contribution is -2.41. The molecule has 0 heterocycles. The Morgan fingerprint density at radius 2 is 2.12 bits per heavy atom. The molecule has 2 aliphatic rings. The number of rotatable bonds is 5. The zero-order valence-electron chi connectivity index (χ0n) is 10.1. The summed E-state index contributed by atoms with van der Waals surface area (Å²) in [5, 5.41) is 3.77. The molecule has 0 aliphatic heterocycles. The lowest BCUT2D eigenvalue weighted by molar-refractivity contribution is 0.364. The van der Waals surface area contributed by atoms with Crippen LogP contribution in [0.25, 0.3) is 0 Å². The van der Waals surface area contributed by atoms with E-state index in [0.29, 0.717) is 0 Å². The van der Waals surface area contributed by atoms with Gasteiger partial charge in [-0.2, -0.15) is 0 Å². The van der Waals surface area contributed by atoms with E-state index in [2.05, 4.69) is 36.5 Å². The van der Waals surface area contributed by atoms with Crippen molar-refractivity contribution in [2.45, 2.75) is 44.6 Å². The molecule has 1 aromatic carbocycles. The highest BCUT2D eigenvalue weighted by atomic mass is 14.9. The molecule has 1 heteroatoms. The van der Waals surface area contributed by atoms with E-state index in [-0.39, 0.29) is 0 Å². The minimum absolute atomic E-state index is 0.759. The molecule has 0 saturated heterocycles. The van der Waals surface area contributed by atoms with Crippen molar-refractivity contribution in [2.75, 3.05) is 6.54 Å². The van der Waals surface area contributed by atoms with Crippen molar-refractivity contribution in [2.24, 2.45) is 5.92 Å². The molecule has 1 aromatic rings. The van der Waals surface area contributed by atoms with Crippen LogP contribution in [0.3, 0.4) is 0 Å². The molecular formula is C15H21N. The molecule has 0 bridgehead atoms. The van der Waals surface area contributed by atoms with Crippen LogP contribution in [0.4, 0.5) is 0 Å². The highest BCUT2D eigenvalue weighted by Gasteiger charge is 2.40. The minimum atomic E-state index is 0.759. The quantitative estimate of drug-likeness (QED) is 0.796.